The van der Waals surface area contributed by atoms with Gasteiger partial charge in [0.2, 0.25) is 5.91 Å². The molecule has 4 amide bonds. The van der Waals surface area contributed by atoms with Crippen LogP contribution in [0.2, 0.25) is 0 Å². The molecule has 1 aliphatic rings. The highest BCUT2D eigenvalue weighted by Crippen LogP contribution is 2.27. The Bertz CT molecular complexity index is 896. The highest BCUT2D eigenvalue weighted by atomic mass is 16.5. The molecule has 160 valence electrons. The van der Waals surface area contributed by atoms with Crippen LogP contribution >= 0.6 is 0 Å². The maximum Gasteiger partial charge on any atom is 0.325 e. The lowest BCUT2D eigenvalue weighted by Crippen LogP contribution is -2.33. The molecular formula is C21H25N3O6. The second kappa shape index (κ2) is 9.82. The molecule has 1 aromatic heterocycles. The summed E-state index contributed by atoms with van der Waals surface area (Å²) in [6, 6.07) is 7.80. The number of hydrogen-bond acceptors (Lipinski definition) is 6. The fourth-order valence-electron chi connectivity index (χ4n) is 3.23. The second-order valence-corrected chi connectivity index (χ2v) is 6.83. The molecule has 0 saturated carbocycles. The summed E-state index contributed by atoms with van der Waals surface area (Å²) in [5.41, 5.74) is 1.000. The van der Waals surface area contributed by atoms with E-state index in [0.717, 1.165) is 10.5 Å². The number of nitrogens with one attached hydrogen (secondary N) is 2. The molecule has 9 nitrogen and oxygen atoms in total. The number of ether oxygens (including phenoxy) is 2. The normalized spacial score (nSPS) is 15.8. The van der Waals surface area contributed by atoms with Crippen molar-refractivity contribution < 1.29 is 28.3 Å². The van der Waals surface area contributed by atoms with Crippen LogP contribution in [-0.4, -0.2) is 49.6 Å². The minimum absolute atomic E-state index is 0.0751. The number of carbonyl (C=O) groups excluding carboxylic acids is 3. The molecule has 3 rings (SSSR count). The minimum atomic E-state index is -0.705. The molecule has 0 spiro atoms. The van der Waals surface area contributed by atoms with Crippen LogP contribution in [0.1, 0.15) is 24.2 Å². The minimum Gasteiger partial charge on any atom is -0.493 e. The summed E-state index contributed by atoms with van der Waals surface area (Å²) in [6.07, 6.45) is 2.48. The predicted octanol–water partition coefficient (Wildman–Crippen LogP) is 1.86. The highest BCUT2D eigenvalue weighted by Gasteiger charge is 2.38. The molecule has 1 saturated heterocycles. The van der Waals surface area contributed by atoms with Gasteiger partial charge in [-0.25, -0.2) is 4.79 Å². The first kappa shape index (κ1) is 21.2. The van der Waals surface area contributed by atoms with Gasteiger partial charge in [-0.1, -0.05) is 6.07 Å². The summed E-state index contributed by atoms with van der Waals surface area (Å²) >= 11 is 0. The zero-order valence-electron chi connectivity index (χ0n) is 17.0. The average molecular weight is 415 g/mol. The quantitative estimate of drug-likeness (QED) is 0.573. The summed E-state index contributed by atoms with van der Waals surface area (Å²) in [5.74, 6) is 1.27. The van der Waals surface area contributed by atoms with Crippen molar-refractivity contribution in [1.82, 2.24) is 15.5 Å². The molecule has 2 N–H and O–H groups in total. The van der Waals surface area contributed by atoms with E-state index in [-0.39, 0.29) is 31.2 Å². The Morgan fingerprint density at radius 2 is 2.00 bits per heavy atom. The SMILES string of the molecule is COc1ccc(CCNC(=O)CC[C@@H]2NC(=O)N(Cc3ccco3)C2=O)cc1OC. The molecular weight excluding hydrogens is 390 g/mol. The van der Waals surface area contributed by atoms with Crippen LogP contribution in [0.15, 0.2) is 41.0 Å². The number of benzene rings is 1. The van der Waals surface area contributed by atoms with E-state index in [9.17, 15) is 14.4 Å². The number of imide groups is 1. The van der Waals surface area contributed by atoms with Gasteiger partial charge in [0, 0.05) is 13.0 Å². The van der Waals surface area contributed by atoms with Crippen molar-refractivity contribution in [3.63, 3.8) is 0 Å². The number of nitrogens with zero attached hydrogens (tertiary/aromatic N) is 1. The number of furan rings is 1. The van der Waals surface area contributed by atoms with Crippen molar-refractivity contribution in [2.75, 3.05) is 20.8 Å². The predicted molar refractivity (Wildman–Crippen MR) is 107 cm³/mol. The number of carbonyl (C=O) groups is 3. The summed E-state index contributed by atoms with van der Waals surface area (Å²) in [7, 11) is 3.15. The molecule has 0 radical (unpaired) electrons. The number of methoxy groups -OCH3 is 2. The molecule has 9 heteroatoms. The van der Waals surface area contributed by atoms with Crippen LogP contribution in [0.5, 0.6) is 11.5 Å². The molecule has 1 fully saturated rings. The Labute approximate surface area is 174 Å². The zero-order valence-corrected chi connectivity index (χ0v) is 17.0. The topological polar surface area (TPSA) is 110 Å². The summed E-state index contributed by atoms with van der Waals surface area (Å²) in [6.45, 7) is 0.523. The van der Waals surface area contributed by atoms with Crippen LogP contribution in [-0.2, 0) is 22.6 Å². The molecule has 1 aromatic carbocycles. The number of urea groups is 1. The van der Waals surface area contributed by atoms with Crippen molar-refractivity contribution in [2.24, 2.45) is 0 Å². The van der Waals surface area contributed by atoms with Crippen LogP contribution in [0, 0.1) is 0 Å². The van der Waals surface area contributed by atoms with Gasteiger partial charge in [0.15, 0.2) is 11.5 Å². The van der Waals surface area contributed by atoms with Gasteiger partial charge in [-0.05, 0) is 42.7 Å². The standard InChI is InChI=1S/C21H25N3O6/c1-28-17-7-5-14(12-18(17)29-2)9-10-22-19(25)8-6-16-20(26)24(21(27)23-16)13-15-4-3-11-30-15/h3-5,7,11-12,16H,6,8-10,13H2,1-2H3,(H,22,25)(H,23,27)/t16-/m0/s1. The Hall–Kier alpha value is -3.49. The van der Waals surface area contributed by atoms with E-state index in [4.69, 9.17) is 13.9 Å². The van der Waals surface area contributed by atoms with Gasteiger partial charge >= 0.3 is 6.03 Å². The first-order valence-corrected chi connectivity index (χ1v) is 9.63. The molecule has 0 bridgehead atoms. The number of rotatable bonds is 10. The van der Waals surface area contributed by atoms with Gasteiger partial charge < -0.3 is 24.5 Å². The van der Waals surface area contributed by atoms with Gasteiger partial charge in [0.05, 0.1) is 27.0 Å². The Morgan fingerprint density at radius 3 is 2.70 bits per heavy atom. The maximum atomic E-state index is 12.4. The Balaban J connectivity index is 1.41. The van der Waals surface area contributed by atoms with E-state index >= 15 is 0 Å². The van der Waals surface area contributed by atoms with Crippen LogP contribution in [0.4, 0.5) is 4.79 Å². The summed E-state index contributed by atoms with van der Waals surface area (Å²) < 4.78 is 15.7. The van der Waals surface area contributed by atoms with Crippen LogP contribution in [0.3, 0.4) is 0 Å². The van der Waals surface area contributed by atoms with Gasteiger partial charge in [-0.2, -0.15) is 0 Å². The van der Waals surface area contributed by atoms with Crippen molar-refractivity contribution in [3.8, 4) is 11.5 Å². The van der Waals surface area contributed by atoms with Crippen molar-refractivity contribution in [3.05, 3.63) is 47.9 Å². The lowest BCUT2D eigenvalue weighted by molar-refractivity contribution is -0.128. The zero-order chi connectivity index (χ0) is 21.5. The third-order valence-electron chi connectivity index (χ3n) is 4.84. The van der Waals surface area contributed by atoms with Gasteiger partial charge in [-0.15, -0.1) is 0 Å². The smallest absolute Gasteiger partial charge is 0.325 e. The molecule has 1 atom stereocenters. The molecule has 2 heterocycles. The fourth-order valence-corrected chi connectivity index (χ4v) is 3.23. The molecule has 0 unspecified atom stereocenters. The molecule has 1 aliphatic heterocycles. The maximum absolute atomic E-state index is 12.4. The molecule has 30 heavy (non-hydrogen) atoms. The molecule has 0 aliphatic carbocycles. The number of hydrogen-bond donors (Lipinski definition) is 2. The second-order valence-electron chi connectivity index (χ2n) is 6.83. The van der Waals surface area contributed by atoms with E-state index < -0.39 is 12.1 Å². The average Bonchev–Trinajstić information content (AvgIpc) is 3.36. The number of amides is 4. The van der Waals surface area contributed by atoms with Crippen LogP contribution in [0.25, 0.3) is 0 Å². The molecule has 2 aromatic rings. The van der Waals surface area contributed by atoms with E-state index in [2.05, 4.69) is 10.6 Å². The third kappa shape index (κ3) is 5.11. The van der Waals surface area contributed by atoms with E-state index in [1.807, 2.05) is 18.2 Å². The van der Waals surface area contributed by atoms with Crippen LogP contribution < -0.4 is 20.1 Å². The van der Waals surface area contributed by atoms with Crippen molar-refractivity contribution in [1.29, 1.82) is 0 Å². The fraction of sp³-hybridized carbons (Fsp3) is 0.381. The summed E-state index contributed by atoms with van der Waals surface area (Å²) in [5, 5.41) is 5.45. The van der Waals surface area contributed by atoms with E-state index in [1.54, 1.807) is 26.4 Å². The van der Waals surface area contributed by atoms with Gasteiger partial charge in [-0.3, -0.25) is 14.5 Å². The largest absolute Gasteiger partial charge is 0.493 e. The van der Waals surface area contributed by atoms with Crippen molar-refractivity contribution >= 4 is 17.8 Å². The van der Waals surface area contributed by atoms with Crippen molar-refractivity contribution in [2.45, 2.75) is 31.8 Å². The first-order valence-electron chi connectivity index (χ1n) is 9.63. The Kier molecular flexibility index (Phi) is 6.95. The van der Waals surface area contributed by atoms with E-state index in [1.165, 1.54) is 6.26 Å². The van der Waals surface area contributed by atoms with E-state index in [0.29, 0.717) is 30.2 Å². The Morgan fingerprint density at radius 1 is 1.20 bits per heavy atom. The monoisotopic (exact) mass is 415 g/mol. The first-order chi connectivity index (χ1) is 14.5. The summed E-state index contributed by atoms with van der Waals surface area (Å²) in [4.78, 5) is 37.7. The van der Waals surface area contributed by atoms with Gasteiger partial charge in [0.25, 0.3) is 5.91 Å². The van der Waals surface area contributed by atoms with Gasteiger partial charge in [0.1, 0.15) is 11.8 Å². The highest BCUT2D eigenvalue weighted by molar-refractivity contribution is 6.04. The lowest BCUT2D eigenvalue weighted by atomic mass is 10.1. The third-order valence-corrected chi connectivity index (χ3v) is 4.84. The lowest BCUT2D eigenvalue weighted by Gasteiger charge is -2.12.